The third kappa shape index (κ3) is 4.28. The van der Waals surface area contributed by atoms with Crippen LogP contribution in [-0.2, 0) is 16.1 Å². The molecule has 0 aliphatic carbocycles. The number of methoxy groups -OCH3 is 1. The number of aromatic nitrogens is 1. The predicted octanol–water partition coefficient (Wildman–Crippen LogP) is 1.06. The second-order valence-electron chi connectivity index (χ2n) is 5.14. The molecule has 0 bridgehead atoms. The number of hydrogen-bond acceptors (Lipinski definition) is 4. The van der Waals surface area contributed by atoms with Crippen LogP contribution in [0, 0.1) is 5.92 Å². The van der Waals surface area contributed by atoms with E-state index in [4.69, 9.17) is 4.74 Å². The molecule has 0 atom stereocenters. The minimum Gasteiger partial charge on any atom is -0.383 e. The summed E-state index contributed by atoms with van der Waals surface area (Å²) in [6.07, 6.45) is 5.41. The monoisotopic (exact) mass is 277 g/mol. The van der Waals surface area contributed by atoms with Gasteiger partial charge in [0.2, 0.25) is 5.91 Å². The van der Waals surface area contributed by atoms with Crippen molar-refractivity contribution in [1.82, 2.24) is 15.2 Å². The first kappa shape index (κ1) is 14.9. The first-order valence-corrected chi connectivity index (χ1v) is 7.18. The zero-order valence-corrected chi connectivity index (χ0v) is 12.0. The van der Waals surface area contributed by atoms with Crippen molar-refractivity contribution in [2.45, 2.75) is 19.4 Å². The Morgan fingerprint density at radius 2 is 2.30 bits per heavy atom. The van der Waals surface area contributed by atoms with Crippen molar-refractivity contribution in [2.75, 3.05) is 33.4 Å². The van der Waals surface area contributed by atoms with Gasteiger partial charge in [0.1, 0.15) is 0 Å². The second kappa shape index (κ2) is 7.97. The normalized spacial score (nSPS) is 16.1. The number of carbonyl (C=O) groups excluding carboxylic acids is 1. The predicted molar refractivity (Wildman–Crippen MR) is 77.1 cm³/mol. The van der Waals surface area contributed by atoms with E-state index in [2.05, 4.69) is 10.3 Å². The van der Waals surface area contributed by atoms with Crippen molar-refractivity contribution in [3.8, 4) is 0 Å². The standard InChI is InChI=1S/C15H23N3O2/c1-20-10-9-18(12-13-3-2-6-17-11-13)15(19)14-4-7-16-8-5-14/h2-3,6,11,14,16H,4-5,7-10,12H2,1H3. The van der Waals surface area contributed by atoms with Gasteiger partial charge in [0.05, 0.1) is 6.61 Å². The van der Waals surface area contributed by atoms with Gasteiger partial charge in [-0.15, -0.1) is 0 Å². The second-order valence-corrected chi connectivity index (χ2v) is 5.14. The summed E-state index contributed by atoms with van der Waals surface area (Å²) in [5.74, 6) is 0.386. The van der Waals surface area contributed by atoms with Gasteiger partial charge in [-0.25, -0.2) is 0 Å². The summed E-state index contributed by atoms with van der Waals surface area (Å²) < 4.78 is 5.13. The molecule has 2 rings (SSSR count). The number of carbonyl (C=O) groups is 1. The third-order valence-corrected chi connectivity index (χ3v) is 3.66. The maximum Gasteiger partial charge on any atom is 0.226 e. The molecule has 2 heterocycles. The van der Waals surface area contributed by atoms with Crippen molar-refractivity contribution in [3.63, 3.8) is 0 Å². The number of nitrogens with one attached hydrogen (secondary N) is 1. The van der Waals surface area contributed by atoms with Crippen molar-refractivity contribution in [2.24, 2.45) is 5.92 Å². The van der Waals surface area contributed by atoms with Crippen molar-refractivity contribution in [3.05, 3.63) is 30.1 Å². The molecular formula is C15H23N3O2. The Kier molecular flexibility index (Phi) is 5.95. The van der Waals surface area contributed by atoms with E-state index in [1.54, 1.807) is 13.3 Å². The van der Waals surface area contributed by atoms with E-state index < -0.39 is 0 Å². The van der Waals surface area contributed by atoms with Gasteiger partial charge in [0, 0.05) is 38.5 Å². The summed E-state index contributed by atoms with van der Waals surface area (Å²) in [5.41, 5.74) is 1.06. The van der Waals surface area contributed by atoms with Crippen LogP contribution in [0.3, 0.4) is 0 Å². The van der Waals surface area contributed by atoms with E-state index in [1.165, 1.54) is 0 Å². The molecule has 0 saturated carbocycles. The van der Waals surface area contributed by atoms with E-state index in [1.807, 2.05) is 23.2 Å². The quantitative estimate of drug-likeness (QED) is 0.844. The number of pyridine rings is 1. The average Bonchev–Trinajstić information content (AvgIpc) is 2.52. The zero-order valence-electron chi connectivity index (χ0n) is 12.0. The van der Waals surface area contributed by atoms with Gasteiger partial charge in [-0.2, -0.15) is 0 Å². The molecular weight excluding hydrogens is 254 g/mol. The lowest BCUT2D eigenvalue weighted by atomic mass is 9.96. The van der Waals surface area contributed by atoms with Crippen molar-refractivity contribution in [1.29, 1.82) is 0 Å². The van der Waals surface area contributed by atoms with Crippen LogP contribution in [0.15, 0.2) is 24.5 Å². The molecule has 1 saturated heterocycles. The molecule has 110 valence electrons. The van der Waals surface area contributed by atoms with E-state index in [-0.39, 0.29) is 11.8 Å². The Morgan fingerprint density at radius 3 is 2.95 bits per heavy atom. The Hall–Kier alpha value is -1.46. The number of amides is 1. The van der Waals surface area contributed by atoms with Crippen molar-refractivity contribution < 1.29 is 9.53 Å². The van der Waals surface area contributed by atoms with Gasteiger partial charge >= 0.3 is 0 Å². The summed E-state index contributed by atoms with van der Waals surface area (Å²) in [6, 6.07) is 3.90. The minimum absolute atomic E-state index is 0.143. The summed E-state index contributed by atoms with van der Waals surface area (Å²) in [6.45, 7) is 3.67. The third-order valence-electron chi connectivity index (χ3n) is 3.66. The molecule has 1 amide bonds. The SMILES string of the molecule is COCCN(Cc1cccnc1)C(=O)C1CCNCC1. The molecule has 1 fully saturated rings. The van der Waals surface area contributed by atoms with Crippen molar-refractivity contribution >= 4 is 5.91 Å². The first-order chi connectivity index (χ1) is 9.81. The lowest BCUT2D eigenvalue weighted by Crippen LogP contribution is -2.42. The Morgan fingerprint density at radius 1 is 1.50 bits per heavy atom. The van der Waals surface area contributed by atoms with E-state index in [9.17, 15) is 4.79 Å². The summed E-state index contributed by atoms with van der Waals surface area (Å²) in [4.78, 5) is 18.6. The first-order valence-electron chi connectivity index (χ1n) is 7.18. The highest BCUT2D eigenvalue weighted by Crippen LogP contribution is 2.16. The Labute approximate surface area is 120 Å². The van der Waals surface area contributed by atoms with Gasteiger partial charge in [0.25, 0.3) is 0 Å². The lowest BCUT2D eigenvalue weighted by molar-refractivity contribution is -0.137. The smallest absolute Gasteiger partial charge is 0.226 e. The number of ether oxygens (including phenoxy) is 1. The molecule has 1 aromatic rings. The fraction of sp³-hybridized carbons (Fsp3) is 0.600. The molecule has 1 aromatic heterocycles. The molecule has 20 heavy (non-hydrogen) atoms. The van der Waals surface area contributed by atoms with Crippen LogP contribution >= 0.6 is 0 Å². The van der Waals surface area contributed by atoms with Crippen LogP contribution in [0.4, 0.5) is 0 Å². The van der Waals surface area contributed by atoms with Crippen LogP contribution in [0.25, 0.3) is 0 Å². The van der Waals surface area contributed by atoms with Crippen LogP contribution < -0.4 is 5.32 Å². The number of nitrogens with zero attached hydrogens (tertiary/aromatic N) is 2. The molecule has 0 radical (unpaired) electrons. The van der Waals surface area contributed by atoms with E-state index in [0.29, 0.717) is 19.7 Å². The Bertz CT molecular complexity index is 405. The summed E-state index contributed by atoms with van der Waals surface area (Å²) in [7, 11) is 1.66. The number of hydrogen-bond donors (Lipinski definition) is 1. The molecule has 5 nitrogen and oxygen atoms in total. The molecule has 0 aromatic carbocycles. The van der Waals surface area contributed by atoms with Gasteiger partial charge in [-0.05, 0) is 37.6 Å². The summed E-state index contributed by atoms with van der Waals surface area (Å²) >= 11 is 0. The average molecular weight is 277 g/mol. The molecule has 1 aliphatic rings. The van der Waals surface area contributed by atoms with Crippen LogP contribution in [-0.4, -0.2) is 49.1 Å². The highest BCUT2D eigenvalue weighted by Gasteiger charge is 2.25. The maximum absolute atomic E-state index is 12.6. The topological polar surface area (TPSA) is 54.5 Å². The molecule has 1 N–H and O–H groups in total. The van der Waals surface area contributed by atoms with Crippen LogP contribution in [0.5, 0.6) is 0 Å². The number of piperidine rings is 1. The van der Waals surface area contributed by atoms with Crippen LogP contribution in [0.1, 0.15) is 18.4 Å². The fourth-order valence-corrected chi connectivity index (χ4v) is 2.51. The van der Waals surface area contributed by atoms with Gasteiger partial charge < -0.3 is 15.0 Å². The molecule has 5 heteroatoms. The molecule has 0 spiro atoms. The Balaban J connectivity index is 2.00. The van der Waals surface area contributed by atoms with Gasteiger partial charge in [0.15, 0.2) is 0 Å². The van der Waals surface area contributed by atoms with Gasteiger partial charge in [-0.1, -0.05) is 6.07 Å². The largest absolute Gasteiger partial charge is 0.383 e. The van der Waals surface area contributed by atoms with Crippen LogP contribution in [0.2, 0.25) is 0 Å². The fourth-order valence-electron chi connectivity index (χ4n) is 2.51. The molecule has 0 unspecified atom stereocenters. The highest BCUT2D eigenvalue weighted by atomic mass is 16.5. The molecule has 1 aliphatic heterocycles. The zero-order chi connectivity index (χ0) is 14.2. The maximum atomic E-state index is 12.6. The van der Waals surface area contributed by atoms with Gasteiger partial charge in [-0.3, -0.25) is 9.78 Å². The van der Waals surface area contributed by atoms with E-state index >= 15 is 0 Å². The summed E-state index contributed by atoms with van der Waals surface area (Å²) in [5, 5.41) is 3.30. The lowest BCUT2D eigenvalue weighted by Gasteiger charge is -2.29. The minimum atomic E-state index is 0.143. The van der Waals surface area contributed by atoms with E-state index in [0.717, 1.165) is 31.5 Å². The number of rotatable bonds is 6. The highest BCUT2D eigenvalue weighted by molar-refractivity contribution is 5.79.